The molecule has 3 atom stereocenters. The zero-order valence-electron chi connectivity index (χ0n) is 13.2. The van der Waals surface area contributed by atoms with Crippen molar-refractivity contribution in [1.29, 1.82) is 0 Å². The SMILES string of the molecule is O=C(CO)N1C[C@H]2CC(NCc3ncnc4[nH]cc(F)c34)C[C@H]2C1. The number of aliphatic hydroxyl groups is 1. The van der Waals surface area contributed by atoms with Gasteiger partial charge in [-0.3, -0.25) is 4.79 Å². The van der Waals surface area contributed by atoms with Crippen LogP contribution in [-0.4, -0.2) is 56.6 Å². The topological polar surface area (TPSA) is 94.1 Å². The predicted molar refractivity (Wildman–Crippen MR) is 84.4 cm³/mol. The lowest BCUT2D eigenvalue weighted by Gasteiger charge is -2.19. The van der Waals surface area contributed by atoms with E-state index in [-0.39, 0.29) is 11.7 Å². The summed E-state index contributed by atoms with van der Waals surface area (Å²) in [4.78, 5) is 24.4. The van der Waals surface area contributed by atoms with E-state index < -0.39 is 6.61 Å². The van der Waals surface area contributed by atoms with Crippen molar-refractivity contribution in [2.45, 2.75) is 25.4 Å². The summed E-state index contributed by atoms with van der Waals surface area (Å²) in [6.07, 6.45) is 4.72. The Balaban J connectivity index is 1.37. The molecule has 3 heterocycles. The molecule has 0 radical (unpaired) electrons. The van der Waals surface area contributed by atoms with Crippen LogP contribution in [0.25, 0.3) is 11.0 Å². The van der Waals surface area contributed by atoms with Gasteiger partial charge in [-0.15, -0.1) is 0 Å². The van der Waals surface area contributed by atoms with E-state index in [1.54, 1.807) is 4.90 Å². The van der Waals surface area contributed by atoms with E-state index in [1.807, 2.05) is 0 Å². The van der Waals surface area contributed by atoms with Gasteiger partial charge in [-0.1, -0.05) is 0 Å². The number of carbonyl (C=O) groups excluding carboxylic acids is 1. The van der Waals surface area contributed by atoms with Crippen molar-refractivity contribution < 1.29 is 14.3 Å². The molecular formula is C16H20FN5O2. The average molecular weight is 333 g/mol. The molecule has 0 aromatic carbocycles. The fourth-order valence-corrected chi connectivity index (χ4v) is 4.13. The summed E-state index contributed by atoms with van der Waals surface area (Å²) < 4.78 is 13.9. The lowest BCUT2D eigenvalue weighted by atomic mass is 10.0. The molecule has 0 spiro atoms. The highest BCUT2D eigenvalue weighted by atomic mass is 19.1. The highest BCUT2D eigenvalue weighted by Gasteiger charge is 2.41. The van der Waals surface area contributed by atoms with Crippen molar-refractivity contribution in [3.05, 3.63) is 24.0 Å². The third-order valence-electron chi connectivity index (χ3n) is 5.30. The van der Waals surface area contributed by atoms with Gasteiger partial charge in [0.05, 0.1) is 11.1 Å². The van der Waals surface area contributed by atoms with Crippen molar-refractivity contribution in [2.24, 2.45) is 11.8 Å². The molecule has 4 rings (SSSR count). The molecule has 2 aliphatic rings. The molecule has 1 aliphatic carbocycles. The molecule has 128 valence electrons. The number of hydrogen-bond donors (Lipinski definition) is 3. The highest BCUT2D eigenvalue weighted by molar-refractivity contribution is 5.78. The Kier molecular flexibility index (Phi) is 3.93. The van der Waals surface area contributed by atoms with E-state index in [9.17, 15) is 9.18 Å². The van der Waals surface area contributed by atoms with Gasteiger partial charge in [0.2, 0.25) is 5.91 Å². The fraction of sp³-hybridized carbons (Fsp3) is 0.562. The van der Waals surface area contributed by atoms with Gasteiger partial charge in [-0.25, -0.2) is 14.4 Å². The first-order chi connectivity index (χ1) is 11.7. The number of likely N-dealkylation sites (tertiary alicyclic amines) is 1. The van der Waals surface area contributed by atoms with Gasteiger partial charge in [-0.05, 0) is 24.7 Å². The minimum atomic E-state index is -0.410. The Bertz CT molecular complexity index is 750. The maximum absolute atomic E-state index is 13.9. The van der Waals surface area contributed by atoms with Crippen molar-refractivity contribution in [2.75, 3.05) is 19.7 Å². The smallest absolute Gasteiger partial charge is 0.248 e. The van der Waals surface area contributed by atoms with E-state index in [0.29, 0.717) is 41.1 Å². The molecule has 1 saturated heterocycles. The van der Waals surface area contributed by atoms with Gasteiger partial charge in [0.1, 0.15) is 18.6 Å². The van der Waals surface area contributed by atoms with Crippen LogP contribution in [0.15, 0.2) is 12.5 Å². The van der Waals surface area contributed by atoms with Crippen LogP contribution in [0.1, 0.15) is 18.5 Å². The second kappa shape index (κ2) is 6.10. The van der Waals surface area contributed by atoms with Crippen molar-refractivity contribution in [3.63, 3.8) is 0 Å². The summed E-state index contributed by atoms with van der Waals surface area (Å²) in [5, 5.41) is 12.9. The zero-order valence-corrected chi connectivity index (χ0v) is 13.2. The van der Waals surface area contributed by atoms with E-state index in [0.717, 1.165) is 25.9 Å². The van der Waals surface area contributed by atoms with E-state index in [2.05, 4.69) is 20.3 Å². The summed E-state index contributed by atoms with van der Waals surface area (Å²) >= 11 is 0. The standard InChI is InChI=1S/C16H20FN5O2/c17-12-3-19-16-15(12)13(20-8-21-16)4-18-11-1-9-5-22(14(24)7-23)6-10(9)2-11/h3,8-11,18,23H,1-2,4-7H2,(H,19,20,21)/t9-,10+,11?. The fourth-order valence-electron chi connectivity index (χ4n) is 4.13. The molecule has 2 aromatic rings. The summed E-state index contributed by atoms with van der Waals surface area (Å²) in [7, 11) is 0. The van der Waals surface area contributed by atoms with Crippen molar-refractivity contribution in [3.8, 4) is 0 Å². The van der Waals surface area contributed by atoms with Crippen LogP contribution < -0.4 is 5.32 Å². The summed E-state index contributed by atoms with van der Waals surface area (Å²) in [5.41, 5.74) is 1.17. The first-order valence-corrected chi connectivity index (χ1v) is 8.24. The number of H-pyrrole nitrogens is 1. The van der Waals surface area contributed by atoms with Crippen LogP contribution >= 0.6 is 0 Å². The maximum Gasteiger partial charge on any atom is 0.248 e. The van der Waals surface area contributed by atoms with Gasteiger partial charge in [0.25, 0.3) is 0 Å². The van der Waals surface area contributed by atoms with Crippen LogP contribution in [0.5, 0.6) is 0 Å². The first-order valence-electron chi connectivity index (χ1n) is 8.24. The molecule has 3 N–H and O–H groups in total. The van der Waals surface area contributed by atoms with Gasteiger partial charge < -0.3 is 20.3 Å². The quantitative estimate of drug-likeness (QED) is 0.754. The number of fused-ring (bicyclic) bond motifs is 2. The average Bonchev–Trinajstić information content (AvgIpc) is 3.25. The molecular weight excluding hydrogens is 313 g/mol. The Hall–Kier alpha value is -2.06. The van der Waals surface area contributed by atoms with Crippen LogP contribution in [0.3, 0.4) is 0 Å². The molecule has 1 aliphatic heterocycles. The Morgan fingerprint density at radius 2 is 2.12 bits per heavy atom. The van der Waals surface area contributed by atoms with E-state index in [4.69, 9.17) is 5.11 Å². The zero-order chi connectivity index (χ0) is 16.7. The Morgan fingerprint density at radius 3 is 2.83 bits per heavy atom. The molecule has 1 unspecified atom stereocenters. The third-order valence-corrected chi connectivity index (χ3v) is 5.30. The minimum absolute atomic E-state index is 0.180. The molecule has 2 aromatic heterocycles. The molecule has 1 saturated carbocycles. The number of halogens is 1. The highest BCUT2D eigenvalue weighted by Crippen LogP contribution is 2.38. The van der Waals surface area contributed by atoms with E-state index >= 15 is 0 Å². The van der Waals surface area contributed by atoms with Crippen molar-refractivity contribution >= 4 is 16.9 Å². The summed E-state index contributed by atoms with van der Waals surface area (Å²) in [6, 6.07) is 0.346. The largest absolute Gasteiger partial charge is 0.387 e. The molecule has 2 fully saturated rings. The second-order valence-electron chi connectivity index (χ2n) is 6.71. The number of aromatic nitrogens is 3. The van der Waals surface area contributed by atoms with Crippen LogP contribution in [-0.2, 0) is 11.3 Å². The van der Waals surface area contributed by atoms with Gasteiger partial charge >= 0.3 is 0 Å². The monoisotopic (exact) mass is 333 g/mol. The number of aromatic amines is 1. The predicted octanol–water partition coefficient (Wildman–Crippen LogP) is 0.416. The molecule has 0 bridgehead atoms. The number of hydrogen-bond acceptors (Lipinski definition) is 5. The van der Waals surface area contributed by atoms with Crippen LogP contribution in [0, 0.1) is 17.7 Å². The number of carbonyl (C=O) groups is 1. The van der Waals surface area contributed by atoms with Crippen LogP contribution in [0.2, 0.25) is 0 Å². The summed E-state index contributed by atoms with van der Waals surface area (Å²) in [6.45, 7) is 1.54. The van der Waals surface area contributed by atoms with Gasteiger partial charge in [0.15, 0.2) is 5.82 Å². The number of nitrogens with one attached hydrogen (secondary N) is 2. The number of rotatable bonds is 4. The number of aliphatic hydroxyl groups excluding tert-OH is 1. The number of nitrogens with zero attached hydrogens (tertiary/aromatic N) is 3. The van der Waals surface area contributed by atoms with Crippen molar-refractivity contribution in [1.82, 2.24) is 25.2 Å². The molecule has 1 amide bonds. The lowest BCUT2D eigenvalue weighted by molar-refractivity contribution is -0.133. The Morgan fingerprint density at radius 1 is 1.38 bits per heavy atom. The molecule has 24 heavy (non-hydrogen) atoms. The first kappa shape index (κ1) is 15.5. The second-order valence-corrected chi connectivity index (χ2v) is 6.71. The normalized spacial score (nSPS) is 26.2. The Labute approximate surface area is 138 Å². The summed E-state index contributed by atoms with van der Waals surface area (Å²) in [5.74, 6) is 0.448. The van der Waals surface area contributed by atoms with Crippen LogP contribution in [0.4, 0.5) is 4.39 Å². The van der Waals surface area contributed by atoms with E-state index in [1.165, 1.54) is 12.5 Å². The third kappa shape index (κ3) is 2.65. The number of amides is 1. The van der Waals surface area contributed by atoms with Gasteiger partial charge in [-0.2, -0.15) is 0 Å². The molecule has 7 nitrogen and oxygen atoms in total. The van der Waals surface area contributed by atoms with Gasteiger partial charge in [0, 0.05) is 31.9 Å². The lowest BCUT2D eigenvalue weighted by Crippen LogP contribution is -2.34. The minimum Gasteiger partial charge on any atom is -0.387 e. The molecule has 8 heteroatoms. The maximum atomic E-state index is 13.9.